The van der Waals surface area contributed by atoms with Crippen LogP contribution in [0.15, 0.2) is 0 Å². The van der Waals surface area contributed by atoms with Crippen LogP contribution in [0.25, 0.3) is 0 Å². The molecule has 6 heteroatoms. The molecule has 1 aliphatic heterocycles. The summed E-state index contributed by atoms with van der Waals surface area (Å²) in [5.74, 6) is 0.491. The number of nitrogens with zero attached hydrogens (tertiary/aromatic N) is 3. The number of aromatic nitrogens is 1. The van der Waals surface area contributed by atoms with E-state index in [1.54, 1.807) is 0 Å². The van der Waals surface area contributed by atoms with E-state index in [1.165, 1.54) is 30.6 Å². The Morgan fingerprint density at radius 1 is 1.38 bits per heavy atom. The average molecular weight is 308 g/mol. The molecule has 116 valence electrons. The highest BCUT2D eigenvalue weighted by molar-refractivity contribution is 7.18. The van der Waals surface area contributed by atoms with Crippen LogP contribution < -0.4 is 10.6 Å². The van der Waals surface area contributed by atoms with E-state index >= 15 is 0 Å². The van der Waals surface area contributed by atoms with Crippen molar-refractivity contribution < 1.29 is 4.79 Å². The third kappa shape index (κ3) is 3.15. The molecule has 0 unspecified atom stereocenters. The van der Waals surface area contributed by atoms with Crippen molar-refractivity contribution in [2.75, 3.05) is 30.3 Å². The second kappa shape index (κ2) is 6.22. The van der Waals surface area contributed by atoms with Crippen LogP contribution in [0, 0.1) is 0 Å². The zero-order chi connectivity index (χ0) is 14.8. The van der Waals surface area contributed by atoms with Gasteiger partial charge < -0.3 is 15.5 Å². The minimum atomic E-state index is 0.0811. The lowest BCUT2D eigenvalue weighted by Gasteiger charge is -2.25. The molecule has 1 aromatic heterocycles. The standard InChI is InChI=1S/C15H24N4OS/c1-2-8-19(11-6-7-11)14(20)12-13(16)17-15(21-12)18-9-4-3-5-10-18/h11H,2-10,16H2,1H3. The van der Waals surface area contributed by atoms with Crippen molar-refractivity contribution in [3.63, 3.8) is 0 Å². The SMILES string of the molecule is CCCN(C(=O)c1sc(N2CCCCC2)nc1N)C1CC1. The average Bonchev–Trinajstić information content (AvgIpc) is 3.27. The minimum absolute atomic E-state index is 0.0811. The predicted molar refractivity (Wildman–Crippen MR) is 86.9 cm³/mol. The van der Waals surface area contributed by atoms with Crippen LogP contribution in [-0.2, 0) is 0 Å². The summed E-state index contributed by atoms with van der Waals surface area (Å²) in [4.78, 5) is 22.1. The second-order valence-corrected chi connectivity index (χ2v) is 6.97. The first-order valence-electron chi connectivity index (χ1n) is 8.03. The number of hydrogen-bond donors (Lipinski definition) is 1. The van der Waals surface area contributed by atoms with E-state index in [9.17, 15) is 4.79 Å². The summed E-state index contributed by atoms with van der Waals surface area (Å²) in [5.41, 5.74) is 6.03. The van der Waals surface area contributed by atoms with Crippen molar-refractivity contribution in [1.82, 2.24) is 9.88 Å². The molecule has 0 aromatic carbocycles. The normalized spacial score (nSPS) is 18.8. The van der Waals surface area contributed by atoms with Crippen molar-refractivity contribution in [1.29, 1.82) is 0 Å². The van der Waals surface area contributed by atoms with E-state index in [0.717, 1.165) is 44.0 Å². The van der Waals surface area contributed by atoms with Gasteiger partial charge >= 0.3 is 0 Å². The molecule has 2 N–H and O–H groups in total. The monoisotopic (exact) mass is 308 g/mol. The van der Waals surface area contributed by atoms with Gasteiger partial charge in [-0.3, -0.25) is 4.79 Å². The molecular formula is C15H24N4OS. The fourth-order valence-corrected chi connectivity index (χ4v) is 3.89. The summed E-state index contributed by atoms with van der Waals surface area (Å²) in [7, 11) is 0. The van der Waals surface area contributed by atoms with Crippen LogP contribution in [0.1, 0.15) is 55.1 Å². The predicted octanol–water partition coefficient (Wildman–Crippen LogP) is 2.73. The lowest BCUT2D eigenvalue weighted by molar-refractivity contribution is 0.0749. The van der Waals surface area contributed by atoms with Crippen molar-refractivity contribution in [2.24, 2.45) is 0 Å². The van der Waals surface area contributed by atoms with Gasteiger partial charge in [0.15, 0.2) is 5.13 Å². The maximum Gasteiger partial charge on any atom is 0.268 e. The highest BCUT2D eigenvalue weighted by Crippen LogP contribution is 2.34. The van der Waals surface area contributed by atoms with Crippen LogP contribution in [0.3, 0.4) is 0 Å². The Morgan fingerprint density at radius 2 is 2.10 bits per heavy atom. The molecule has 0 atom stereocenters. The summed E-state index contributed by atoms with van der Waals surface area (Å²) in [5, 5.41) is 0.919. The lowest BCUT2D eigenvalue weighted by atomic mass is 10.1. The van der Waals surface area contributed by atoms with E-state index < -0.39 is 0 Å². The Bertz CT molecular complexity index is 506. The quantitative estimate of drug-likeness (QED) is 0.908. The van der Waals surface area contributed by atoms with Gasteiger partial charge in [0.25, 0.3) is 5.91 Å². The number of thiazole rings is 1. The highest BCUT2D eigenvalue weighted by Gasteiger charge is 2.34. The van der Waals surface area contributed by atoms with E-state index in [0.29, 0.717) is 16.7 Å². The first-order valence-corrected chi connectivity index (χ1v) is 8.84. The first kappa shape index (κ1) is 14.6. The molecule has 2 heterocycles. The fraction of sp³-hybridized carbons (Fsp3) is 0.733. The molecule has 1 aromatic rings. The largest absolute Gasteiger partial charge is 0.382 e. The highest BCUT2D eigenvalue weighted by atomic mass is 32.1. The van der Waals surface area contributed by atoms with Crippen molar-refractivity contribution >= 4 is 28.2 Å². The summed E-state index contributed by atoms with van der Waals surface area (Å²) >= 11 is 1.47. The third-order valence-electron chi connectivity index (χ3n) is 4.18. The number of nitrogens with two attached hydrogens (primary N) is 1. The Kier molecular flexibility index (Phi) is 4.33. The van der Waals surface area contributed by atoms with Crippen LogP contribution in [0.2, 0.25) is 0 Å². The van der Waals surface area contributed by atoms with Crippen molar-refractivity contribution in [3.05, 3.63) is 4.88 Å². The number of amides is 1. The van der Waals surface area contributed by atoms with Gasteiger partial charge in [0.1, 0.15) is 10.7 Å². The maximum absolute atomic E-state index is 12.7. The third-order valence-corrected chi connectivity index (χ3v) is 5.30. The smallest absolute Gasteiger partial charge is 0.268 e. The molecule has 1 saturated heterocycles. The van der Waals surface area contributed by atoms with Crippen LogP contribution in [-0.4, -0.2) is 41.5 Å². The number of carbonyl (C=O) groups is 1. The number of carbonyl (C=O) groups excluding carboxylic acids is 1. The Morgan fingerprint density at radius 3 is 2.71 bits per heavy atom. The minimum Gasteiger partial charge on any atom is -0.382 e. The molecule has 2 aliphatic rings. The number of anilines is 2. The molecule has 1 amide bonds. The Balaban J connectivity index is 1.77. The van der Waals surface area contributed by atoms with E-state index in [2.05, 4.69) is 16.8 Å². The van der Waals surface area contributed by atoms with Gasteiger partial charge in [0.2, 0.25) is 0 Å². The molecule has 1 aliphatic carbocycles. The summed E-state index contributed by atoms with van der Waals surface area (Å²) in [6.07, 6.45) is 6.93. The van der Waals surface area contributed by atoms with E-state index in [1.807, 2.05) is 4.90 Å². The zero-order valence-electron chi connectivity index (χ0n) is 12.7. The zero-order valence-corrected chi connectivity index (χ0v) is 13.5. The number of hydrogen-bond acceptors (Lipinski definition) is 5. The topological polar surface area (TPSA) is 62.5 Å². The van der Waals surface area contributed by atoms with Crippen molar-refractivity contribution in [2.45, 2.75) is 51.5 Å². The van der Waals surface area contributed by atoms with Crippen molar-refractivity contribution in [3.8, 4) is 0 Å². The number of rotatable bonds is 5. The molecule has 21 heavy (non-hydrogen) atoms. The summed E-state index contributed by atoms with van der Waals surface area (Å²) in [6.45, 7) is 4.99. The van der Waals surface area contributed by atoms with Gasteiger partial charge in [-0.25, -0.2) is 4.98 Å². The van der Waals surface area contributed by atoms with Gasteiger partial charge in [0.05, 0.1) is 0 Å². The Hall–Kier alpha value is -1.30. The molecule has 0 bridgehead atoms. The van der Waals surface area contributed by atoms with Gasteiger partial charge in [-0.05, 0) is 38.5 Å². The fourth-order valence-electron chi connectivity index (χ4n) is 2.90. The number of piperidine rings is 1. The summed E-state index contributed by atoms with van der Waals surface area (Å²) < 4.78 is 0. The molecule has 3 rings (SSSR count). The molecule has 0 spiro atoms. The molecular weight excluding hydrogens is 284 g/mol. The van der Waals surface area contributed by atoms with Gasteiger partial charge in [-0.1, -0.05) is 18.3 Å². The summed E-state index contributed by atoms with van der Waals surface area (Å²) in [6, 6.07) is 0.428. The van der Waals surface area contributed by atoms with Gasteiger partial charge in [0, 0.05) is 25.7 Å². The molecule has 5 nitrogen and oxygen atoms in total. The first-order chi connectivity index (χ1) is 10.2. The van der Waals surface area contributed by atoms with Gasteiger partial charge in [-0.2, -0.15) is 0 Å². The maximum atomic E-state index is 12.7. The lowest BCUT2D eigenvalue weighted by Crippen LogP contribution is -2.33. The van der Waals surface area contributed by atoms with Gasteiger partial charge in [-0.15, -0.1) is 0 Å². The van der Waals surface area contributed by atoms with Crippen LogP contribution in [0.4, 0.5) is 10.9 Å². The van der Waals surface area contributed by atoms with Crippen LogP contribution >= 0.6 is 11.3 Å². The molecule has 2 fully saturated rings. The van der Waals surface area contributed by atoms with E-state index in [4.69, 9.17) is 5.73 Å². The second-order valence-electron chi connectivity index (χ2n) is 5.99. The Labute approximate surface area is 130 Å². The number of nitrogen functional groups attached to an aromatic ring is 1. The molecule has 1 saturated carbocycles. The van der Waals surface area contributed by atoms with E-state index in [-0.39, 0.29) is 5.91 Å². The van der Waals surface area contributed by atoms with Crippen LogP contribution in [0.5, 0.6) is 0 Å². The molecule has 0 radical (unpaired) electrons.